The van der Waals surface area contributed by atoms with Crippen molar-refractivity contribution < 1.29 is 43.6 Å². The van der Waals surface area contributed by atoms with Crippen LogP contribution in [0.25, 0.3) is 22.0 Å². The third-order valence-corrected chi connectivity index (χ3v) is 7.81. The third-order valence-electron chi connectivity index (χ3n) is 7.81. The van der Waals surface area contributed by atoms with Gasteiger partial charge in [-0.2, -0.15) is 4.57 Å². The Hall–Kier alpha value is -3.97. The predicted molar refractivity (Wildman–Crippen MR) is 138 cm³/mol. The Kier molecular flexibility index (Phi) is 6.00. The SMILES string of the molecule is COc1ccc2cc3[n+](cc2c1OCc1cn([C@@H]2O[C@@H](C)[C@H](O)[C@@H](O)[C@H]2O)nn1)CCc1cc2c(cc1-3)OCO2. The fraction of sp³-hybridized carbons (Fsp3) is 0.393. The van der Waals surface area contributed by atoms with E-state index in [4.69, 9.17) is 23.7 Å². The first-order valence-electron chi connectivity index (χ1n) is 13.1. The number of aliphatic hydroxyl groups excluding tert-OH is 3. The van der Waals surface area contributed by atoms with Gasteiger partial charge in [0.15, 0.2) is 42.0 Å². The minimum Gasteiger partial charge on any atom is -0.493 e. The molecule has 1 fully saturated rings. The molecule has 12 nitrogen and oxygen atoms in total. The molecule has 0 spiro atoms. The summed E-state index contributed by atoms with van der Waals surface area (Å²) in [5.74, 6) is 2.70. The van der Waals surface area contributed by atoms with Gasteiger partial charge in [-0.05, 0) is 42.1 Å². The van der Waals surface area contributed by atoms with Crippen molar-refractivity contribution in [2.75, 3.05) is 13.9 Å². The number of methoxy groups -OCH3 is 1. The van der Waals surface area contributed by atoms with Crippen molar-refractivity contribution in [3.05, 3.63) is 54.0 Å². The largest absolute Gasteiger partial charge is 0.493 e. The van der Waals surface area contributed by atoms with Crippen LogP contribution in [0, 0.1) is 0 Å². The van der Waals surface area contributed by atoms with Crippen molar-refractivity contribution in [2.24, 2.45) is 0 Å². The molecule has 0 unspecified atom stereocenters. The van der Waals surface area contributed by atoms with Crippen molar-refractivity contribution >= 4 is 10.8 Å². The zero-order valence-electron chi connectivity index (χ0n) is 21.9. The van der Waals surface area contributed by atoms with E-state index < -0.39 is 30.6 Å². The number of pyridine rings is 1. The molecule has 208 valence electrons. The average molecular weight is 550 g/mol. The molecule has 5 heterocycles. The van der Waals surface area contributed by atoms with E-state index in [1.54, 1.807) is 20.2 Å². The highest BCUT2D eigenvalue weighted by Crippen LogP contribution is 2.42. The van der Waals surface area contributed by atoms with Crippen LogP contribution in [0.1, 0.15) is 24.4 Å². The van der Waals surface area contributed by atoms with Crippen LogP contribution in [0.5, 0.6) is 23.0 Å². The fourth-order valence-corrected chi connectivity index (χ4v) is 5.60. The molecule has 3 N–H and O–H groups in total. The van der Waals surface area contributed by atoms with Gasteiger partial charge in [0.25, 0.3) is 0 Å². The van der Waals surface area contributed by atoms with Gasteiger partial charge in [-0.1, -0.05) is 5.21 Å². The molecule has 3 aliphatic heterocycles. The maximum atomic E-state index is 10.4. The van der Waals surface area contributed by atoms with E-state index in [9.17, 15) is 15.3 Å². The lowest BCUT2D eigenvalue weighted by Crippen LogP contribution is -2.54. The Morgan fingerprint density at radius 3 is 2.73 bits per heavy atom. The molecular formula is C28H29N4O8+. The van der Waals surface area contributed by atoms with Crippen LogP contribution in [0.2, 0.25) is 0 Å². The minimum atomic E-state index is -1.37. The van der Waals surface area contributed by atoms with Crippen molar-refractivity contribution in [3.63, 3.8) is 0 Å². The number of aliphatic hydroxyl groups is 3. The Bertz CT molecular complexity index is 1610. The van der Waals surface area contributed by atoms with Crippen molar-refractivity contribution in [2.45, 2.75) is 57.1 Å². The summed E-state index contributed by atoms with van der Waals surface area (Å²) < 4.78 is 32.3. The number of aryl methyl sites for hydroxylation is 2. The van der Waals surface area contributed by atoms with Gasteiger partial charge in [-0.3, -0.25) is 0 Å². The molecule has 0 aliphatic carbocycles. The number of fused-ring (bicyclic) bond motifs is 5. The first kappa shape index (κ1) is 25.0. The molecule has 2 aromatic carbocycles. The Labute approximate surface area is 228 Å². The van der Waals surface area contributed by atoms with Gasteiger partial charge in [0, 0.05) is 12.5 Å². The van der Waals surface area contributed by atoms with Crippen LogP contribution in [-0.2, 0) is 24.3 Å². The first-order valence-corrected chi connectivity index (χ1v) is 13.1. The number of benzene rings is 2. The number of hydrogen-bond acceptors (Lipinski definition) is 10. The number of aromatic nitrogens is 4. The zero-order chi connectivity index (χ0) is 27.5. The highest BCUT2D eigenvalue weighted by atomic mass is 16.7. The Balaban J connectivity index is 1.18. The highest BCUT2D eigenvalue weighted by molar-refractivity contribution is 5.91. The summed E-state index contributed by atoms with van der Waals surface area (Å²) in [5, 5.41) is 40.6. The van der Waals surface area contributed by atoms with Gasteiger partial charge < -0.3 is 39.0 Å². The Morgan fingerprint density at radius 1 is 1.07 bits per heavy atom. The topological polar surface area (TPSA) is 141 Å². The molecule has 0 radical (unpaired) electrons. The zero-order valence-corrected chi connectivity index (χ0v) is 21.9. The lowest BCUT2D eigenvalue weighted by molar-refractivity contribution is -0.686. The molecule has 0 amide bonds. The van der Waals surface area contributed by atoms with E-state index >= 15 is 0 Å². The normalized spacial score (nSPS) is 25.0. The lowest BCUT2D eigenvalue weighted by atomic mass is 9.95. The van der Waals surface area contributed by atoms with Gasteiger partial charge >= 0.3 is 0 Å². The number of ether oxygens (including phenoxy) is 5. The standard InChI is InChI=1S/C28H29N4O8/c1-14-24(33)25(34)26(35)28(40-14)32-10-17(29-30-32)12-37-27-19-11-31-6-5-16-8-22-23(39-13-38-22)9-18(16)20(31)7-15(19)3-4-21(27)36-2/h3-4,7-11,14,24-26,28,33-35H,5-6,12-13H2,1-2H3/q+1/t14-,24-,25+,26+,28+/m0/s1. The van der Waals surface area contributed by atoms with E-state index in [1.165, 1.54) is 10.2 Å². The smallest absolute Gasteiger partial charge is 0.231 e. The second kappa shape index (κ2) is 9.59. The summed E-state index contributed by atoms with van der Waals surface area (Å²) in [6, 6.07) is 10.1. The van der Waals surface area contributed by atoms with Crippen molar-refractivity contribution in [1.82, 2.24) is 15.0 Å². The van der Waals surface area contributed by atoms with Crippen LogP contribution >= 0.6 is 0 Å². The quantitative estimate of drug-likeness (QED) is 0.312. The summed E-state index contributed by atoms with van der Waals surface area (Å²) in [4.78, 5) is 0. The first-order chi connectivity index (χ1) is 19.4. The van der Waals surface area contributed by atoms with E-state index in [2.05, 4.69) is 33.2 Å². The van der Waals surface area contributed by atoms with Crippen LogP contribution in [0.4, 0.5) is 0 Å². The average Bonchev–Trinajstić information content (AvgIpc) is 3.64. The van der Waals surface area contributed by atoms with Crippen LogP contribution < -0.4 is 23.5 Å². The van der Waals surface area contributed by atoms with Crippen molar-refractivity contribution in [3.8, 4) is 34.3 Å². The summed E-state index contributed by atoms with van der Waals surface area (Å²) in [6.07, 6.45) is -1.10. The molecule has 0 bridgehead atoms. The molecule has 40 heavy (non-hydrogen) atoms. The molecule has 4 aromatic rings. The minimum absolute atomic E-state index is 0.0765. The Morgan fingerprint density at radius 2 is 1.90 bits per heavy atom. The summed E-state index contributed by atoms with van der Waals surface area (Å²) in [7, 11) is 1.59. The molecule has 3 aliphatic rings. The monoisotopic (exact) mass is 549 g/mol. The van der Waals surface area contributed by atoms with E-state index in [0.29, 0.717) is 17.2 Å². The fourth-order valence-electron chi connectivity index (χ4n) is 5.60. The van der Waals surface area contributed by atoms with Crippen LogP contribution in [0.15, 0.2) is 42.7 Å². The van der Waals surface area contributed by atoms with Gasteiger partial charge in [-0.15, -0.1) is 5.10 Å². The molecule has 0 saturated carbocycles. The molecule has 12 heteroatoms. The molecular weight excluding hydrogens is 520 g/mol. The van der Waals surface area contributed by atoms with E-state index in [1.807, 2.05) is 18.2 Å². The third kappa shape index (κ3) is 4.03. The lowest BCUT2D eigenvalue weighted by Gasteiger charge is -2.38. The molecule has 2 aromatic heterocycles. The second-order valence-electron chi connectivity index (χ2n) is 10.2. The number of hydrogen-bond donors (Lipinski definition) is 3. The molecule has 7 rings (SSSR count). The summed E-state index contributed by atoms with van der Waals surface area (Å²) >= 11 is 0. The summed E-state index contributed by atoms with van der Waals surface area (Å²) in [5.41, 5.74) is 3.91. The van der Waals surface area contributed by atoms with Gasteiger partial charge in [-0.25, -0.2) is 4.68 Å². The number of rotatable bonds is 5. The number of nitrogens with zero attached hydrogens (tertiary/aromatic N) is 4. The van der Waals surface area contributed by atoms with Gasteiger partial charge in [0.1, 0.15) is 30.6 Å². The second-order valence-corrected chi connectivity index (χ2v) is 10.2. The van der Waals surface area contributed by atoms with E-state index in [-0.39, 0.29) is 13.4 Å². The van der Waals surface area contributed by atoms with Crippen molar-refractivity contribution in [1.29, 1.82) is 0 Å². The summed E-state index contributed by atoms with van der Waals surface area (Å²) in [6.45, 7) is 2.73. The van der Waals surface area contributed by atoms with Gasteiger partial charge in [0.05, 0.1) is 30.4 Å². The predicted octanol–water partition coefficient (Wildman–Crippen LogP) is 1.26. The maximum Gasteiger partial charge on any atom is 0.231 e. The van der Waals surface area contributed by atoms with Crippen LogP contribution in [0.3, 0.4) is 0 Å². The van der Waals surface area contributed by atoms with E-state index in [0.717, 1.165) is 46.5 Å². The van der Waals surface area contributed by atoms with Gasteiger partial charge in [0.2, 0.25) is 12.5 Å². The molecule has 5 atom stereocenters. The molecule has 1 saturated heterocycles. The highest BCUT2D eigenvalue weighted by Gasteiger charge is 2.43. The maximum absolute atomic E-state index is 10.4. The van der Waals surface area contributed by atoms with Crippen LogP contribution in [-0.4, -0.2) is 68.6 Å².